The summed E-state index contributed by atoms with van der Waals surface area (Å²) in [5.41, 5.74) is 8.32. The highest BCUT2D eigenvalue weighted by atomic mass is 32.1. The van der Waals surface area contributed by atoms with Crippen LogP contribution < -0.4 is 4.90 Å². The molecule has 0 fully saturated rings. The van der Waals surface area contributed by atoms with Crippen molar-refractivity contribution in [2.45, 2.75) is 0 Å². The van der Waals surface area contributed by atoms with Crippen LogP contribution in [0.2, 0.25) is 0 Å². The fourth-order valence-corrected chi connectivity index (χ4v) is 8.79. The summed E-state index contributed by atoms with van der Waals surface area (Å²) in [6, 6.07) is 68.7. The molecule has 50 heavy (non-hydrogen) atoms. The Morgan fingerprint density at radius 1 is 0.300 bits per heavy atom. The maximum Gasteiger partial charge on any atom is 0.0476 e. The number of anilines is 3. The van der Waals surface area contributed by atoms with Crippen LogP contribution in [0.25, 0.3) is 74.7 Å². The Kier molecular flexibility index (Phi) is 6.75. The molecule has 0 bridgehead atoms. The lowest BCUT2D eigenvalue weighted by molar-refractivity contribution is 1.29. The summed E-state index contributed by atoms with van der Waals surface area (Å²) in [6.45, 7) is 0. The van der Waals surface area contributed by atoms with Gasteiger partial charge < -0.3 is 4.90 Å². The monoisotopic (exact) mass is 653 g/mol. The number of benzene rings is 9. The first-order chi connectivity index (χ1) is 24.8. The van der Waals surface area contributed by atoms with E-state index in [9.17, 15) is 0 Å². The zero-order valence-electron chi connectivity index (χ0n) is 27.3. The lowest BCUT2D eigenvalue weighted by Crippen LogP contribution is -2.09. The summed E-state index contributed by atoms with van der Waals surface area (Å²) in [5, 5.41) is 10.3. The van der Waals surface area contributed by atoms with Crippen molar-refractivity contribution in [3.63, 3.8) is 0 Å². The van der Waals surface area contributed by atoms with Crippen molar-refractivity contribution in [1.29, 1.82) is 0 Å². The van der Waals surface area contributed by atoms with E-state index in [1.165, 1.54) is 74.7 Å². The largest absolute Gasteiger partial charge is 0.310 e. The van der Waals surface area contributed by atoms with E-state index in [1.54, 1.807) is 0 Å². The third-order valence-corrected chi connectivity index (χ3v) is 11.2. The normalized spacial score (nSPS) is 11.6. The molecule has 10 rings (SSSR count). The van der Waals surface area contributed by atoms with Crippen molar-refractivity contribution in [2.24, 2.45) is 0 Å². The van der Waals surface area contributed by atoms with Gasteiger partial charge in [-0.3, -0.25) is 0 Å². The number of hydrogen-bond donors (Lipinski definition) is 0. The van der Waals surface area contributed by atoms with Gasteiger partial charge >= 0.3 is 0 Å². The van der Waals surface area contributed by atoms with Crippen LogP contribution in [0.3, 0.4) is 0 Å². The predicted molar refractivity (Wildman–Crippen MR) is 217 cm³/mol. The minimum absolute atomic E-state index is 1.12. The molecule has 0 N–H and O–H groups in total. The fourth-order valence-electron chi connectivity index (χ4n) is 7.65. The predicted octanol–water partition coefficient (Wildman–Crippen LogP) is 14.3. The smallest absolute Gasteiger partial charge is 0.0476 e. The Labute approximate surface area is 294 Å². The minimum Gasteiger partial charge on any atom is -0.310 e. The van der Waals surface area contributed by atoms with Crippen LogP contribution in [0.15, 0.2) is 188 Å². The molecule has 0 aliphatic carbocycles. The highest BCUT2D eigenvalue weighted by Crippen LogP contribution is 2.42. The molecular weight excluding hydrogens is 623 g/mol. The maximum atomic E-state index is 2.39. The average Bonchev–Trinajstić information content (AvgIpc) is 3.56. The average molecular weight is 654 g/mol. The molecular formula is C48H31NS. The molecule has 1 nitrogen and oxygen atoms in total. The van der Waals surface area contributed by atoms with E-state index in [2.05, 4.69) is 193 Å². The first kappa shape index (κ1) is 28.8. The molecule has 0 saturated carbocycles. The summed E-state index contributed by atoms with van der Waals surface area (Å²) in [7, 11) is 0. The van der Waals surface area contributed by atoms with Gasteiger partial charge in [-0.05, 0) is 103 Å². The standard InChI is InChI=1S/C48H31NS/c1-3-13-39-32(10-1)12-9-18-40(39)33-20-24-36(25-21-33)49(38-28-29-45-44-17-7-8-19-47(44)50-48(45)31-38)37-26-22-34(23-27-37)46-30-35-11-2-4-14-41(35)42-15-5-6-16-43(42)46/h1-31H. The number of rotatable bonds is 5. The van der Waals surface area contributed by atoms with Crippen molar-refractivity contribution in [3.05, 3.63) is 188 Å². The molecule has 0 unspecified atom stereocenters. The molecule has 234 valence electrons. The molecule has 0 atom stereocenters. The Morgan fingerprint density at radius 2 is 0.840 bits per heavy atom. The molecule has 0 radical (unpaired) electrons. The van der Waals surface area contributed by atoms with Crippen molar-refractivity contribution in [1.82, 2.24) is 0 Å². The molecule has 0 amide bonds. The van der Waals surface area contributed by atoms with Gasteiger partial charge in [-0.15, -0.1) is 11.3 Å². The Bertz CT molecular complexity index is 2860. The topological polar surface area (TPSA) is 3.24 Å². The minimum atomic E-state index is 1.12. The molecule has 1 heterocycles. The Balaban J connectivity index is 1.11. The quantitative estimate of drug-likeness (QED) is 0.167. The van der Waals surface area contributed by atoms with Gasteiger partial charge in [-0.1, -0.05) is 140 Å². The van der Waals surface area contributed by atoms with Crippen molar-refractivity contribution < 1.29 is 0 Å². The second kappa shape index (κ2) is 11.7. The van der Waals surface area contributed by atoms with Gasteiger partial charge in [-0.2, -0.15) is 0 Å². The summed E-state index contributed by atoms with van der Waals surface area (Å²) in [4.78, 5) is 2.39. The van der Waals surface area contributed by atoms with E-state index < -0.39 is 0 Å². The van der Waals surface area contributed by atoms with Crippen LogP contribution in [0.1, 0.15) is 0 Å². The summed E-state index contributed by atoms with van der Waals surface area (Å²) in [5.74, 6) is 0. The van der Waals surface area contributed by atoms with Crippen molar-refractivity contribution >= 4 is 80.9 Å². The SMILES string of the molecule is c1ccc2c(-c3ccc(N(c4ccc(-c5cc6ccccc6c6ccccc56)cc4)c4ccc5c(c4)sc4ccccc45)cc3)cccc2c1. The van der Waals surface area contributed by atoms with E-state index in [0.29, 0.717) is 0 Å². The van der Waals surface area contributed by atoms with Crippen LogP contribution in [-0.4, -0.2) is 0 Å². The van der Waals surface area contributed by atoms with Gasteiger partial charge in [0.05, 0.1) is 0 Å². The van der Waals surface area contributed by atoms with Crippen LogP contribution in [0.4, 0.5) is 17.1 Å². The van der Waals surface area contributed by atoms with E-state index in [0.717, 1.165) is 17.1 Å². The van der Waals surface area contributed by atoms with Gasteiger partial charge in [0.15, 0.2) is 0 Å². The number of nitrogens with zero attached hydrogens (tertiary/aromatic N) is 1. The molecule has 2 heteroatoms. The van der Waals surface area contributed by atoms with Crippen molar-refractivity contribution in [3.8, 4) is 22.3 Å². The third kappa shape index (κ3) is 4.76. The van der Waals surface area contributed by atoms with Crippen LogP contribution >= 0.6 is 11.3 Å². The first-order valence-electron chi connectivity index (χ1n) is 17.1. The highest BCUT2D eigenvalue weighted by Gasteiger charge is 2.16. The Morgan fingerprint density at radius 3 is 1.60 bits per heavy atom. The molecule has 0 saturated heterocycles. The zero-order valence-corrected chi connectivity index (χ0v) is 28.1. The zero-order chi connectivity index (χ0) is 33.0. The second-order valence-corrected chi connectivity index (χ2v) is 14.0. The molecule has 10 aromatic rings. The molecule has 0 aliphatic rings. The van der Waals surface area contributed by atoms with E-state index in [4.69, 9.17) is 0 Å². The molecule has 1 aromatic heterocycles. The molecule has 0 aliphatic heterocycles. The highest BCUT2D eigenvalue weighted by molar-refractivity contribution is 7.25. The molecule has 0 spiro atoms. The van der Waals surface area contributed by atoms with Gasteiger partial charge in [0.25, 0.3) is 0 Å². The lowest BCUT2D eigenvalue weighted by atomic mass is 9.93. The summed E-state index contributed by atoms with van der Waals surface area (Å²) >= 11 is 1.86. The van der Waals surface area contributed by atoms with Crippen LogP contribution in [0, 0.1) is 0 Å². The third-order valence-electron chi connectivity index (χ3n) is 10.1. The van der Waals surface area contributed by atoms with Gasteiger partial charge in [-0.25, -0.2) is 0 Å². The fraction of sp³-hybridized carbons (Fsp3) is 0. The van der Waals surface area contributed by atoms with E-state index >= 15 is 0 Å². The Hall–Kier alpha value is -6.22. The maximum absolute atomic E-state index is 2.39. The summed E-state index contributed by atoms with van der Waals surface area (Å²) < 4.78 is 2.61. The van der Waals surface area contributed by atoms with E-state index in [-0.39, 0.29) is 0 Å². The summed E-state index contributed by atoms with van der Waals surface area (Å²) in [6.07, 6.45) is 0. The van der Waals surface area contributed by atoms with Gasteiger partial charge in [0.2, 0.25) is 0 Å². The van der Waals surface area contributed by atoms with Crippen LogP contribution in [-0.2, 0) is 0 Å². The van der Waals surface area contributed by atoms with Gasteiger partial charge in [0, 0.05) is 37.2 Å². The van der Waals surface area contributed by atoms with Crippen LogP contribution in [0.5, 0.6) is 0 Å². The lowest BCUT2D eigenvalue weighted by Gasteiger charge is -2.26. The van der Waals surface area contributed by atoms with E-state index in [1.807, 2.05) is 11.3 Å². The number of hydrogen-bond acceptors (Lipinski definition) is 2. The first-order valence-corrected chi connectivity index (χ1v) is 17.9. The van der Waals surface area contributed by atoms with Gasteiger partial charge in [0.1, 0.15) is 0 Å². The second-order valence-electron chi connectivity index (χ2n) is 12.9. The molecule has 9 aromatic carbocycles. The van der Waals surface area contributed by atoms with Crippen molar-refractivity contribution in [2.75, 3.05) is 4.90 Å². The number of fused-ring (bicyclic) bond motifs is 7. The number of thiophene rings is 1.